The van der Waals surface area contributed by atoms with Gasteiger partial charge in [-0.25, -0.2) is 0 Å². The molecule has 7 heteroatoms. The molecule has 0 spiro atoms. The summed E-state index contributed by atoms with van der Waals surface area (Å²) in [6, 6.07) is 8.45. The second-order valence-corrected chi connectivity index (χ2v) is 6.13. The van der Waals surface area contributed by atoms with Gasteiger partial charge in [0.1, 0.15) is 6.20 Å². The molecule has 1 aromatic heterocycles. The quantitative estimate of drug-likeness (QED) is 0.624. The third-order valence-corrected chi connectivity index (χ3v) is 4.43. The Kier molecular flexibility index (Phi) is 4.59. The van der Waals surface area contributed by atoms with Crippen LogP contribution in [-0.4, -0.2) is 31.8 Å². The maximum atomic E-state index is 12.6. The van der Waals surface area contributed by atoms with Gasteiger partial charge in [0.25, 0.3) is 0 Å². The number of carbonyl (C=O) groups excluding carboxylic acids is 1. The second-order valence-electron chi connectivity index (χ2n) is 6.13. The molecule has 1 atom stereocenters. The predicted molar refractivity (Wildman–Crippen MR) is 88.4 cm³/mol. The van der Waals surface area contributed by atoms with Crippen molar-refractivity contribution in [2.45, 2.75) is 38.8 Å². The zero-order valence-corrected chi connectivity index (χ0v) is 13.6. The van der Waals surface area contributed by atoms with Crippen LogP contribution in [0.15, 0.2) is 36.8 Å². The maximum Gasteiger partial charge on any atom is 0.381 e. The molecular formula is C17H20N4O3. The average Bonchev–Trinajstić information content (AvgIpc) is 3.23. The van der Waals surface area contributed by atoms with E-state index in [0.29, 0.717) is 13.0 Å². The van der Waals surface area contributed by atoms with Crippen LogP contribution in [0.25, 0.3) is 0 Å². The van der Waals surface area contributed by atoms with Crippen molar-refractivity contribution < 1.29 is 9.72 Å². The first-order chi connectivity index (χ1) is 11.5. The summed E-state index contributed by atoms with van der Waals surface area (Å²) in [6.45, 7) is 3.21. The Balaban J connectivity index is 1.62. The summed E-state index contributed by atoms with van der Waals surface area (Å²) in [5.41, 5.74) is 2.38. The number of nitrogens with zero attached hydrogens (tertiary/aromatic N) is 4. The van der Waals surface area contributed by atoms with E-state index >= 15 is 0 Å². The van der Waals surface area contributed by atoms with E-state index in [0.717, 1.165) is 19.4 Å². The lowest BCUT2D eigenvalue weighted by molar-refractivity contribution is -0.389. The number of hydrogen-bond acceptors (Lipinski definition) is 4. The van der Waals surface area contributed by atoms with Crippen molar-refractivity contribution in [3.8, 4) is 0 Å². The van der Waals surface area contributed by atoms with Gasteiger partial charge in [0.05, 0.1) is 6.04 Å². The van der Waals surface area contributed by atoms with E-state index in [4.69, 9.17) is 0 Å². The van der Waals surface area contributed by atoms with Gasteiger partial charge in [0.2, 0.25) is 12.2 Å². The standard InChI is InChI=1S/C17H20N4O3/c1-13-4-6-14(7-5-13)15-3-2-9-20(15)17(22)8-10-19-11-16(18-12-19)21(23)24/h4-7,11-12,15H,2-3,8-10H2,1H3. The Morgan fingerprint density at radius 1 is 1.38 bits per heavy atom. The number of benzene rings is 1. The Morgan fingerprint density at radius 2 is 2.12 bits per heavy atom. The minimum Gasteiger partial charge on any atom is -0.358 e. The molecule has 0 radical (unpaired) electrons. The molecule has 1 aliphatic rings. The van der Waals surface area contributed by atoms with Gasteiger partial charge in [-0.05, 0) is 35.2 Å². The van der Waals surface area contributed by atoms with Crippen molar-refractivity contribution in [3.63, 3.8) is 0 Å². The highest BCUT2D eigenvalue weighted by Crippen LogP contribution is 2.32. The van der Waals surface area contributed by atoms with Gasteiger partial charge < -0.3 is 19.6 Å². The average molecular weight is 328 g/mol. The van der Waals surface area contributed by atoms with Gasteiger partial charge in [-0.2, -0.15) is 0 Å². The molecule has 0 saturated carbocycles. The van der Waals surface area contributed by atoms with Gasteiger partial charge in [-0.3, -0.25) is 4.79 Å². The smallest absolute Gasteiger partial charge is 0.358 e. The Labute approximate surface area is 140 Å². The Bertz CT molecular complexity index is 739. The summed E-state index contributed by atoms with van der Waals surface area (Å²) in [4.78, 5) is 28.3. The zero-order chi connectivity index (χ0) is 17.1. The molecule has 2 aromatic rings. The summed E-state index contributed by atoms with van der Waals surface area (Å²) in [5.74, 6) is -0.115. The van der Waals surface area contributed by atoms with E-state index in [1.807, 2.05) is 11.8 Å². The van der Waals surface area contributed by atoms with Crippen molar-refractivity contribution in [2.24, 2.45) is 0 Å². The highest BCUT2D eigenvalue weighted by molar-refractivity contribution is 5.77. The molecule has 24 heavy (non-hydrogen) atoms. The van der Waals surface area contributed by atoms with Crippen molar-refractivity contribution in [1.29, 1.82) is 0 Å². The number of imidazole rings is 1. The second kappa shape index (κ2) is 6.82. The highest BCUT2D eigenvalue weighted by atomic mass is 16.6. The fourth-order valence-electron chi connectivity index (χ4n) is 3.13. The minimum absolute atomic E-state index is 0.0782. The third-order valence-electron chi connectivity index (χ3n) is 4.43. The summed E-state index contributed by atoms with van der Waals surface area (Å²) in [7, 11) is 0. The number of amides is 1. The van der Waals surface area contributed by atoms with Crippen molar-refractivity contribution >= 4 is 11.7 Å². The lowest BCUT2D eigenvalue weighted by Crippen LogP contribution is -2.31. The van der Waals surface area contributed by atoms with E-state index in [2.05, 4.69) is 29.2 Å². The minimum atomic E-state index is -0.536. The topological polar surface area (TPSA) is 81.3 Å². The first-order valence-corrected chi connectivity index (χ1v) is 8.07. The molecule has 3 rings (SSSR count). The monoisotopic (exact) mass is 328 g/mol. The molecule has 1 saturated heterocycles. The number of aromatic nitrogens is 2. The largest absolute Gasteiger partial charge is 0.381 e. The number of hydrogen-bond donors (Lipinski definition) is 0. The fraction of sp³-hybridized carbons (Fsp3) is 0.412. The third kappa shape index (κ3) is 3.45. The number of likely N-dealkylation sites (tertiary alicyclic amines) is 1. The van der Waals surface area contributed by atoms with Crippen LogP contribution in [0.5, 0.6) is 0 Å². The van der Waals surface area contributed by atoms with Gasteiger partial charge in [0, 0.05) is 19.5 Å². The Morgan fingerprint density at radius 3 is 2.79 bits per heavy atom. The Hall–Kier alpha value is -2.70. The van der Waals surface area contributed by atoms with E-state index < -0.39 is 4.92 Å². The summed E-state index contributed by atoms with van der Waals surface area (Å²) in [5, 5.41) is 10.6. The van der Waals surface area contributed by atoms with Crippen LogP contribution in [0.2, 0.25) is 0 Å². The SMILES string of the molecule is Cc1ccc(C2CCCN2C(=O)CCn2cnc([N+](=O)[O-])c2)cc1. The van der Waals surface area contributed by atoms with Crippen LogP contribution >= 0.6 is 0 Å². The lowest BCUT2D eigenvalue weighted by atomic mass is 10.0. The van der Waals surface area contributed by atoms with Gasteiger partial charge >= 0.3 is 5.82 Å². The number of carbonyl (C=O) groups is 1. The molecule has 7 nitrogen and oxygen atoms in total. The molecule has 2 heterocycles. The summed E-state index contributed by atoms with van der Waals surface area (Å²) < 4.78 is 1.59. The molecule has 1 aliphatic heterocycles. The first kappa shape index (κ1) is 16.2. The zero-order valence-electron chi connectivity index (χ0n) is 13.6. The fourth-order valence-corrected chi connectivity index (χ4v) is 3.13. The van der Waals surface area contributed by atoms with Crippen LogP contribution in [0.3, 0.4) is 0 Å². The van der Waals surface area contributed by atoms with Crippen LogP contribution in [0, 0.1) is 17.0 Å². The summed E-state index contributed by atoms with van der Waals surface area (Å²) in [6.07, 6.45) is 5.05. The van der Waals surface area contributed by atoms with Crippen LogP contribution in [0.1, 0.15) is 36.4 Å². The van der Waals surface area contributed by atoms with Crippen molar-refractivity contribution in [1.82, 2.24) is 14.5 Å². The molecule has 0 bridgehead atoms. The van der Waals surface area contributed by atoms with Crippen LogP contribution in [-0.2, 0) is 11.3 Å². The maximum absolute atomic E-state index is 12.6. The van der Waals surface area contributed by atoms with Crippen molar-refractivity contribution in [3.05, 3.63) is 58.0 Å². The molecular weight excluding hydrogens is 308 g/mol. The van der Waals surface area contributed by atoms with E-state index in [1.165, 1.54) is 23.7 Å². The van der Waals surface area contributed by atoms with E-state index in [-0.39, 0.29) is 17.8 Å². The highest BCUT2D eigenvalue weighted by Gasteiger charge is 2.29. The van der Waals surface area contributed by atoms with E-state index in [9.17, 15) is 14.9 Å². The van der Waals surface area contributed by atoms with E-state index in [1.54, 1.807) is 4.57 Å². The number of aryl methyl sites for hydroxylation is 2. The molecule has 1 aromatic carbocycles. The number of rotatable bonds is 5. The van der Waals surface area contributed by atoms with Crippen LogP contribution in [0.4, 0.5) is 5.82 Å². The summed E-state index contributed by atoms with van der Waals surface area (Å²) >= 11 is 0. The van der Waals surface area contributed by atoms with Gasteiger partial charge in [-0.15, -0.1) is 0 Å². The molecule has 1 unspecified atom stereocenters. The lowest BCUT2D eigenvalue weighted by Gasteiger charge is -2.25. The molecule has 0 N–H and O–H groups in total. The van der Waals surface area contributed by atoms with Gasteiger partial charge in [0.15, 0.2) is 0 Å². The molecule has 126 valence electrons. The predicted octanol–water partition coefficient (Wildman–Crippen LogP) is 2.85. The van der Waals surface area contributed by atoms with Gasteiger partial charge in [-0.1, -0.05) is 29.8 Å². The molecule has 1 amide bonds. The normalized spacial score (nSPS) is 17.2. The van der Waals surface area contributed by atoms with Crippen LogP contribution < -0.4 is 0 Å². The molecule has 1 fully saturated rings. The van der Waals surface area contributed by atoms with Crippen molar-refractivity contribution in [2.75, 3.05) is 6.54 Å². The molecule has 0 aliphatic carbocycles. The first-order valence-electron chi connectivity index (χ1n) is 8.07. The number of nitro groups is 1.